The van der Waals surface area contributed by atoms with Crippen molar-refractivity contribution in [1.29, 1.82) is 0 Å². The van der Waals surface area contributed by atoms with E-state index in [0.29, 0.717) is 18.8 Å². The smallest absolute Gasteiger partial charge is 0.268 e. The fraction of sp³-hybridized carbons (Fsp3) is 0.385. The van der Waals surface area contributed by atoms with Crippen LogP contribution in [0.25, 0.3) is 10.9 Å². The average Bonchev–Trinajstić information content (AvgIpc) is 3.37. The van der Waals surface area contributed by atoms with Crippen LogP contribution in [0.3, 0.4) is 0 Å². The molecule has 2 aromatic carbocycles. The van der Waals surface area contributed by atoms with Crippen LogP contribution in [0, 0.1) is 5.92 Å². The number of hydrogen-bond acceptors (Lipinski definition) is 3. The Morgan fingerprint density at radius 3 is 2.59 bits per heavy atom. The van der Waals surface area contributed by atoms with Crippen LogP contribution >= 0.6 is 0 Å². The Labute approximate surface area is 188 Å². The van der Waals surface area contributed by atoms with Crippen molar-refractivity contribution in [2.75, 3.05) is 18.5 Å². The summed E-state index contributed by atoms with van der Waals surface area (Å²) in [7, 11) is 0. The fourth-order valence-corrected chi connectivity index (χ4v) is 4.09. The van der Waals surface area contributed by atoms with Crippen molar-refractivity contribution in [1.82, 2.24) is 9.88 Å². The van der Waals surface area contributed by atoms with Crippen molar-refractivity contribution < 1.29 is 14.3 Å². The molecule has 168 valence electrons. The summed E-state index contributed by atoms with van der Waals surface area (Å²) >= 11 is 0. The molecule has 2 heterocycles. The van der Waals surface area contributed by atoms with Gasteiger partial charge in [0.2, 0.25) is 5.91 Å². The molecule has 32 heavy (non-hydrogen) atoms. The first kappa shape index (κ1) is 22.1. The van der Waals surface area contributed by atoms with E-state index >= 15 is 0 Å². The van der Waals surface area contributed by atoms with Crippen molar-refractivity contribution in [3.8, 4) is 0 Å². The van der Waals surface area contributed by atoms with Crippen LogP contribution in [-0.4, -0.2) is 35.1 Å². The number of ether oxygens (including phenoxy) is 1. The number of nitrogens with zero attached hydrogens (tertiary/aromatic N) is 1. The van der Waals surface area contributed by atoms with Gasteiger partial charge in [-0.3, -0.25) is 9.59 Å². The van der Waals surface area contributed by atoms with Crippen LogP contribution in [0.2, 0.25) is 0 Å². The molecule has 0 aliphatic carbocycles. The molecule has 1 atom stereocenters. The van der Waals surface area contributed by atoms with E-state index in [-0.39, 0.29) is 23.3 Å². The van der Waals surface area contributed by atoms with E-state index in [4.69, 9.17) is 4.74 Å². The third-order valence-electron chi connectivity index (χ3n) is 6.03. The molecule has 1 aromatic heterocycles. The summed E-state index contributed by atoms with van der Waals surface area (Å²) in [6.07, 6.45) is 1.96. The van der Waals surface area contributed by atoms with Crippen molar-refractivity contribution in [3.05, 3.63) is 65.9 Å². The van der Waals surface area contributed by atoms with Gasteiger partial charge in [0.15, 0.2) is 0 Å². The number of anilines is 1. The first-order chi connectivity index (χ1) is 15.3. The van der Waals surface area contributed by atoms with Crippen LogP contribution in [0.4, 0.5) is 5.69 Å². The monoisotopic (exact) mass is 433 g/mol. The number of amides is 2. The third kappa shape index (κ3) is 4.86. The van der Waals surface area contributed by atoms with E-state index in [0.717, 1.165) is 41.6 Å². The summed E-state index contributed by atoms with van der Waals surface area (Å²) in [5, 5.41) is 6.93. The second-order valence-electron chi connectivity index (χ2n) is 9.10. The second kappa shape index (κ2) is 9.17. The van der Waals surface area contributed by atoms with E-state index in [1.807, 2.05) is 67.8 Å². The molecule has 2 amide bonds. The van der Waals surface area contributed by atoms with Crippen molar-refractivity contribution in [3.63, 3.8) is 0 Å². The molecule has 0 saturated carbocycles. The minimum atomic E-state index is -0.305. The Morgan fingerprint density at radius 2 is 1.91 bits per heavy atom. The largest absolute Gasteiger partial charge is 0.373 e. The molecule has 0 spiro atoms. The molecule has 6 heteroatoms. The van der Waals surface area contributed by atoms with E-state index in [9.17, 15) is 9.59 Å². The molecule has 4 rings (SSSR count). The highest BCUT2D eigenvalue weighted by Gasteiger charge is 2.30. The first-order valence-corrected chi connectivity index (χ1v) is 11.2. The summed E-state index contributed by atoms with van der Waals surface area (Å²) in [5.74, 6) is -0.258. The second-order valence-corrected chi connectivity index (χ2v) is 9.10. The van der Waals surface area contributed by atoms with Crippen LogP contribution in [0.15, 0.2) is 54.6 Å². The van der Waals surface area contributed by atoms with Gasteiger partial charge in [0.1, 0.15) is 5.69 Å². The Balaban J connectivity index is 1.65. The summed E-state index contributed by atoms with van der Waals surface area (Å²) in [5.41, 5.74) is 3.08. The lowest BCUT2D eigenvalue weighted by Gasteiger charge is -2.23. The normalized spacial score (nSPS) is 18.2. The van der Waals surface area contributed by atoms with E-state index in [1.165, 1.54) is 0 Å². The van der Waals surface area contributed by atoms with Crippen LogP contribution in [-0.2, 0) is 16.1 Å². The van der Waals surface area contributed by atoms with Gasteiger partial charge in [-0.1, -0.05) is 44.2 Å². The predicted octanol–water partition coefficient (Wildman–Crippen LogP) is 4.58. The molecule has 1 aliphatic rings. The number of nitrogens with one attached hydrogen (secondary N) is 2. The SMILES string of the molecule is CC(C)C(=O)Nc1ccc2c(c1)cc(C(=O)NC[C@@]1(C)CCCO1)n2Cc1ccccc1. The standard InChI is InChI=1S/C26H31N3O3/c1-18(2)24(30)28-21-10-11-22-20(14-21)15-23(29(22)16-19-8-5-4-6-9-19)25(31)27-17-26(3)12-7-13-32-26/h4-6,8-11,14-15,18H,7,12-13,16-17H2,1-3H3,(H,27,31)(H,28,30)/t26-/m1/s1. The van der Waals surface area contributed by atoms with Crippen LogP contribution in [0.5, 0.6) is 0 Å². The van der Waals surface area contributed by atoms with Gasteiger partial charge in [-0.25, -0.2) is 0 Å². The maximum atomic E-state index is 13.2. The molecule has 3 aromatic rings. The minimum absolute atomic E-state index is 0.0316. The summed E-state index contributed by atoms with van der Waals surface area (Å²) in [6.45, 7) is 7.57. The average molecular weight is 434 g/mol. The first-order valence-electron chi connectivity index (χ1n) is 11.2. The Bertz CT molecular complexity index is 1110. The van der Waals surface area contributed by atoms with Gasteiger partial charge in [0, 0.05) is 42.2 Å². The lowest BCUT2D eigenvalue weighted by Crippen LogP contribution is -2.40. The number of carbonyl (C=O) groups excluding carboxylic acids is 2. The zero-order chi connectivity index (χ0) is 22.7. The Kier molecular flexibility index (Phi) is 6.33. The van der Waals surface area contributed by atoms with Gasteiger partial charge in [-0.2, -0.15) is 0 Å². The molecule has 0 bridgehead atoms. The van der Waals surface area contributed by atoms with Gasteiger partial charge >= 0.3 is 0 Å². The number of benzene rings is 2. The van der Waals surface area contributed by atoms with Crippen molar-refractivity contribution >= 4 is 28.4 Å². The highest BCUT2D eigenvalue weighted by atomic mass is 16.5. The Morgan fingerprint density at radius 1 is 1.12 bits per heavy atom. The van der Waals surface area contributed by atoms with Gasteiger partial charge in [-0.15, -0.1) is 0 Å². The van der Waals surface area contributed by atoms with E-state index < -0.39 is 0 Å². The molecule has 1 fully saturated rings. The predicted molar refractivity (Wildman–Crippen MR) is 127 cm³/mol. The zero-order valence-electron chi connectivity index (χ0n) is 19.0. The van der Waals surface area contributed by atoms with Gasteiger partial charge in [-0.05, 0) is 49.6 Å². The minimum Gasteiger partial charge on any atom is -0.373 e. The zero-order valence-corrected chi connectivity index (χ0v) is 19.0. The summed E-state index contributed by atoms with van der Waals surface area (Å²) in [6, 6.07) is 17.8. The van der Waals surface area contributed by atoms with Gasteiger partial charge < -0.3 is 19.9 Å². The van der Waals surface area contributed by atoms with E-state index in [2.05, 4.69) is 22.8 Å². The van der Waals surface area contributed by atoms with Crippen LogP contribution in [0.1, 0.15) is 49.7 Å². The quantitative estimate of drug-likeness (QED) is 0.573. The van der Waals surface area contributed by atoms with Crippen molar-refractivity contribution in [2.45, 2.75) is 45.8 Å². The number of carbonyl (C=O) groups is 2. The molecule has 0 radical (unpaired) electrons. The summed E-state index contributed by atoms with van der Waals surface area (Å²) < 4.78 is 7.86. The van der Waals surface area contributed by atoms with Crippen molar-refractivity contribution in [2.24, 2.45) is 5.92 Å². The highest BCUT2D eigenvalue weighted by molar-refractivity contribution is 6.00. The number of hydrogen-bond donors (Lipinski definition) is 2. The number of rotatable bonds is 7. The maximum absolute atomic E-state index is 13.2. The lowest BCUT2D eigenvalue weighted by molar-refractivity contribution is -0.118. The summed E-state index contributed by atoms with van der Waals surface area (Å²) in [4.78, 5) is 25.3. The maximum Gasteiger partial charge on any atom is 0.268 e. The van der Waals surface area contributed by atoms with Gasteiger partial charge in [0.05, 0.1) is 5.60 Å². The molecule has 2 N–H and O–H groups in total. The van der Waals surface area contributed by atoms with Crippen LogP contribution < -0.4 is 10.6 Å². The topological polar surface area (TPSA) is 72.4 Å². The molecule has 0 unspecified atom stereocenters. The fourth-order valence-electron chi connectivity index (χ4n) is 4.09. The van der Waals surface area contributed by atoms with Gasteiger partial charge in [0.25, 0.3) is 5.91 Å². The Hall–Kier alpha value is -3.12. The highest BCUT2D eigenvalue weighted by Crippen LogP contribution is 2.27. The lowest BCUT2D eigenvalue weighted by atomic mass is 10.0. The molecular formula is C26H31N3O3. The molecular weight excluding hydrogens is 402 g/mol. The van der Waals surface area contributed by atoms with E-state index in [1.54, 1.807) is 0 Å². The molecule has 1 saturated heterocycles. The number of fused-ring (bicyclic) bond motifs is 1. The third-order valence-corrected chi connectivity index (χ3v) is 6.03. The molecule has 1 aliphatic heterocycles. The number of aromatic nitrogens is 1. The molecule has 6 nitrogen and oxygen atoms in total.